The standard InChI is InChI=1S/C17H26N2O2.ClH/c1-12(2)11-21-16-6-4-5-15(8-16)17(20)19-10-14(9-18)7-13(19)3;/h4-6,8,12-14H,7,9-11,18H2,1-3H3;1H. The summed E-state index contributed by atoms with van der Waals surface area (Å²) in [7, 11) is 0. The van der Waals surface area contributed by atoms with Crippen LogP contribution in [0.4, 0.5) is 0 Å². The largest absolute Gasteiger partial charge is 0.493 e. The van der Waals surface area contributed by atoms with Gasteiger partial charge in [0.2, 0.25) is 0 Å². The number of likely N-dealkylation sites (tertiary alicyclic amines) is 1. The van der Waals surface area contributed by atoms with E-state index in [1.54, 1.807) is 0 Å². The van der Waals surface area contributed by atoms with Gasteiger partial charge in [0.05, 0.1) is 6.61 Å². The van der Waals surface area contributed by atoms with Gasteiger partial charge in [-0.15, -0.1) is 12.4 Å². The van der Waals surface area contributed by atoms with Crippen molar-refractivity contribution < 1.29 is 9.53 Å². The Morgan fingerprint density at radius 1 is 1.45 bits per heavy atom. The number of halogens is 1. The molecule has 1 amide bonds. The SMILES string of the molecule is CC(C)COc1cccc(C(=O)N2CC(CN)CC2C)c1.Cl. The molecule has 2 atom stereocenters. The molecule has 0 bridgehead atoms. The van der Waals surface area contributed by atoms with Crippen molar-refractivity contribution in [1.29, 1.82) is 0 Å². The van der Waals surface area contributed by atoms with E-state index in [-0.39, 0.29) is 24.4 Å². The van der Waals surface area contributed by atoms with Gasteiger partial charge in [-0.1, -0.05) is 19.9 Å². The molecule has 22 heavy (non-hydrogen) atoms. The minimum Gasteiger partial charge on any atom is -0.493 e. The molecular weight excluding hydrogens is 300 g/mol. The van der Waals surface area contributed by atoms with Gasteiger partial charge in [0.1, 0.15) is 5.75 Å². The molecule has 124 valence electrons. The summed E-state index contributed by atoms with van der Waals surface area (Å²) in [6, 6.07) is 7.73. The highest BCUT2D eigenvalue weighted by molar-refractivity contribution is 5.95. The lowest BCUT2D eigenvalue weighted by atomic mass is 10.1. The van der Waals surface area contributed by atoms with E-state index in [0.29, 0.717) is 30.6 Å². The molecule has 1 aromatic carbocycles. The van der Waals surface area contributed by atoms with Gasteiger partial charge >= 0.3 is 0 Å². The summed E-state index contributed by atoms with van der Waals surface area (Å²) in [6.07, 6.45) is 0.992. The number of nitrogens with two attached hydrogens (primary N) is 1. The normalized spacial score (nSPS) is 20.9. The molecule has 2 unspecified atom stereocenters. The maximum absolute atomic E-state index is 12.6. The highest BCUT2D eigenvalue weighted by Gasteiger charge is 2.32. The average Bonchev–Trinajstić information content (AvgIpc) is 2.86. The van der Waals surface area contributed by atoms with Crippen LogP contribution in [0.25, 0.3) is 0 Å². The first kappa shape index (κ1) is 18.8. The second-order valence-electron chi connectivity index (χ2n) is 6.38. The van der Waals surface area contributed by atoms with E-state index in [1.165, 1.54) is 0 Å². The van der Waals surface area contributed by atoms with Crippen LogP contribution < -0.4 is 10.5 Å². The zero-order chi connectivity index (χ0) is 15.4. The van der Waals surface area contributed by atoms with Crippen molar-refractivity contribution in [3.63, 3.8) is 0 Å². The van der Waals surface area contributed by atoms with E-state index < -0.39 is 0 Å². The molecule has 1 aliphatic rings. The molecule has 0 aliphatic carbocycles. The highest BCUT2D eigenvalue weighted by Crippen LogP contribution is 2.25. The van der Waals surface area contributed by atoms with Crippen LogP contribution in [0.15, 0.2) is 24.3 Å². The zero-order valence-corrected chi connectivity index (χ0v) is 14.4. The van der Waals surface area contributed by atoms with E-state index in [4.69, 9.17) is 10.5 Å². The number of hydrogen-bond donors (Lipinski definition) is 1. The molecule has 1 heterocycles. The van der Waals surface area contributed by atoms with Crippen LogP contribution in [0.5, 0.6) is 5.75 Å². The first-order chi connectivity index (χ1) is 10.0. The molecule has 4 nitrogen and oxygen atoms in total. The van der Waals surface area contributed by atoms with Gasteiger partial charge in [-0.05, 0) is 49.9 Å². The fraction of sp³-hybridized carbons (Fsp3) is 0.588. The van der Waals surface area contributed by atoms with Crippen molar-refractivity contribution >= 4 is 18.3 Å². The topological polar surface area (TPSA) is 55.6 Å². The van der Waals surface area contributed by atoms with Crippen LogP contribution in [0.1, 0.15) is 37.6 Å². The predicted octanol–water partition coefficient (Wildman–Crippen LogP) is 2.95. The smallest absolute Gasteiger partial charge is 0.254 e. The maximum Gasteiger partial charge on any atom is 0.254 e. The molecule has 2 N–H and O–H groups in total. The average molecular weight is 327 g/mol. The summed E-state index contributed by atoms with van der Waals surface area (Å²) in [5.41, 5.74) is 6.43. The molecule has 1 aliphatic heterocycles. The van der Waals surface area contributed by atoms with Crippen molar-refractivity contribution in [1.82, 2.24) is 4.90 Å². The zero-order valence-electron chi connectivity index (χ0n) is 13.6. The van der Waals surface area contributed by atoms with Crippen molar-refractivity contribution in [3.05, 3.63) is 29.8 Å². The van der Waals surface area contributed by atoms with Crippen molar-refractivity contribution in [2.24, 2.45) is 17.6 Å². The molecule has 0 saturated carbocycles. The summed E-state index contributed by atoms with van der Waals surface area (Å²) in [6.45, 7) is 8.36. The molecular formula is C17H27ClN2O2. The minimum atomic E-state index is 0. The Morgan fingerprint density at radius 3 is 2.77 bits per heavy atom. The number of amides is 1. The van der Waals surface area contributed by atoms with Gasteiger partial charge in [0.25, 0.3) is 5.91 Å². The molecule has 1 aromatic rings. The number of hydrogen-bond acceptors (Lipinski definition) is 3. The number of rotatable bonds is 5. The van der Waals surface area contributed by atoms with Crippen LogP contribution in [0.3, 0.4) is 0 Å². The van der Waals surface area contributed by atoms with E-state index >= 15 is 0 Å². The van der Waals surface area contributed by atoms with E-state index in [1.807, 2.05) is 29.2 Å². The van der Waals surface area contributed by atoms with Gasteiger partial charge in [0.15, 0.2) is 0 Å². The van der Waals surface area contributed by atoms with Crippen molar-refractivity contribution in [2.45, 2.75) is 33.2 Å². The van der Waals surface area contributed by atoms with E-state index in [9.17, 15) is 4.79 Å². The maximum atomic E-state index is 12.6. The number of carbonyl (C=O) groups is 1. The van der Waals surface area contributed by atoms with Gasteiger partial charge in [-0.25, -0.2) is 0 Å². The van der Waals surface area contributed by atoms with Crippen LogP contribution in [0, 0.1) is 11.8 Å². The third-order valence-electron chi connectivity index (χ3n) is 3.92. The summed E-state index contributed by atoms with van der Waals surface area (Å²) >= 11 is 0. The summed E-state index contributed by atoms with van der Waals surface area (Å²) in [5, 5.41) is 0. The second kappa shape index (κ2) is 8.39. The number of benzene rings is 1. The first-order valence-electron chi connectivity index (χ1n) is 7.75. The third kappa shape index (κ3) is 4.62. The fourth-order valence-electron chi connectivity index (χ4n) is 2.74. The predicted molar refractivity (Wildman–Crippen MR) is 91.7 cm³/mol. The Hall–Kier alpha value is -1.26. The van der Waals surface area contributed by atoms with Gasteiger partial charge in [0, 0.05) is 18.2 Å². The Morgan fingerprint density at radius 2 is 2.18 bits per heavy atom. The summed E-state index contributed by atoms with van der Waals surface area (Å²) in [4.78, 5) is 14.6. The molecule has 0 aromatic heterocycles. The lowest BCUT2D eigenvalue weighted by Gasteiger charge is -2.22. The fourth-order valence-corrected chi connectivity index (χ4v) is 2.74. The molecule has 1 saturated heterocycles. The minimum absolute atomic E-state index is 0. The van der Waals surface area contributed by atoms with Gasteiger partial charge in [-0.2, -0.15) is 0 Å². The third-order valence-corrected chi connectivity index (χ3v) is 3.92. The molecule has 2 rings (SSSR count). The monoisotopic (exact) mass is 326 g/mol. The first-order valence-corrected chi connectivity index (χ1v) is 7.75. The van der Waals surface area contributed by atoms with Crippen molar-refractivity contribution in [3.8, 4) is 5.75 Å². The Bertz CT molecular complexity index is 493. The van der Waals surface area contributed by atoms with Gasteiger partial charge in [-0.3, -0.25) is 4.79 Å². The van der Waals surface area contributed by atoms with Crippen LogP contribution in [0.2, 0.25) is 0 Å². The van der Waals surface area contributed by atoms with Gasteiger partial charge < -0.3 is 15.4 Å². The summed E-state index contributed by atoms with van der Waals surface area (Å²) in [5.74, 6) is 1.72. The van der Waals surface area contributed by atoms with Crippen LogP contribution in [-0.2, 0) is 0 Å². The number of nitrogens with zero attached hydrogens (tertiary/aromatic N) is 1. The van der Waals surface area contributed by atoms with Crippen LogP contribution >= 0.6 is 12.4 Å². The summed E-state index contributed by atoms with van der Waals surface area (Å²) < 4.78 is 5.70. The Kier molecular flexibility index (Phi) is 7.17. The highest BCUT2D eigenvalue weighted by atomic mass is 35.5. The van der Waals surface area contributed by atoms with E-state index in [2.05, 4.69) is 20.8 Å². The quantitative estimate of drug-likeness (QED) is 0.905. The Labute approximate surface area is 139 Å². The van der Waals surface area contributed by atoms with Crippen molar-refractivity contribution in [2.75, 3.05) is 19.7 Å². The van der Waals surface area contributed by atoms with Crippen LogP contribution in [-0.4, -0.2) is 36.5 Å². The van der Waals surface area contributed by atoms with E-state index in [0.717, 1.165) is 18.7 Å². The number of carbonyl (C=O) groups excluding carboxylic acids is 1. The molecule has 0 spiro atoms. The second-order valence-corrected chi connectivity index (χ2v) is 6.38. The molecule has 1 fully saturated rings. The Balaban J connectivity index is 0.00000242. The molecule has 5 heteroatoms. The molecule has 0 radical (unpaired) electrons. The lowest BCUT2D eigenvalue weighted by molar-refractivity contribution is 0.0743. The number of ether oxygens (including phenoxy) is 1. The lowest BCUT2D eigenvalue weighted by Crippen LogP contribution is -2.34.